The average Bonchev–Trinajstić information content (AvgIpc) is 2.85. The van der Waals surface area contributed by atoms with Crippen LogP contribution in [0.3, 0.4) is 0 Å². The van der Waals surface area contributed by atoms with E-state index in [9.17, 15) is 76.0 Å². The number of nitrogens with zero attached hydrogens (tertiary/aromatic N) is 1. The van der Waals surface area contributed by atoms with E-state index in [-0.39, 0.29) is 0 Å². The van der Waals surface area contributed by atoms with Crippen molar-refractivity contribution in [3.05, 3.63) is 97.4 Å². The molecule has 0 saturated carbocycles. The Balaban J connectivity index is 2.91. The summed E-state index contributed by atoms with van der Waals surface area (Å²) in [6.07, 6.45) is 0. The second kappa shape index (κ2) is 9.72. The first-order valence-electron chi connectivity index (χ1n) is 8.66. The van der Waals surface area contributed by atoms with Gasteiger partial charge in [-0.25, -0.2) is 0 Å². The molecule has 0 fully saturated rings. The molecule has 0 atom stereocenters. The summed E-state index contributed by atoms with van der Waals surface area (Å²) in [4.78, 5) is 11.2. The number of hydrogen-bond acceptors (Lipinski definition) is 3. The summed E-state index contributed by atoms with van der Waals surface area (Å²) < 4.78 is 208. The molecule has 3 aromatic carbocycles. The average molecular weight is 691 g/mol. The molecule has 3 rings (SSSR count). The van der Waals surface area contributed by atoms with Crippen molar-refractivity contribution >= 4 is 29.4 Å². The van der Waals surface area contributed by atoms with Crippen molar-refractivity contribution in [2.45, 2.75) is 0 Å². The Kier molecular flexibility index (Phi) is 7.46. The summed E-state index contributed by atoms with van der Waals surface area (Å²) in [5.41, 5.74) is 0. The molecule has 0 saturated heterocycles. The van der Waals surface area contributed by atoms with Crippen LogP contribution in [0.15, 0.2) is 0 Å². The standard InChI is InChI=1S/C18F15NO3Te/c19-1-4(22)10(28)16(11(29)5(1)23)38(37-34(35)36,17-12(30)6(24)2(20)7(25)13(17)31)18-14(32)8(26)3(21)9(27)15(18)33. The maximum absolute atomic E-state index is 14.8. The van der Waals surface area contributed by atoms with Gasteiger partial charge < -0.3 is 0 Å². The predicted octanol–water partition coefficient (Wildman–Crippen LogP) is 3.95. The fourth-order valence-electron chi connectivity index (χ4n) is 3.02. The normalized spacial score (nSPS) is 12.2. The molecular weight excluding hydrogens is 691 g/mol. The fourth-order valence-corrected chi connectivity index (χ4v) is 11.8. The molecule has 0 aliphatic carbocycles. The van der Waals surface area contributed by atoms with Crippen molar-refractivity contribution in [3.63, 3.8) is 0 Å². The predicted molar refractivity (Wildman–Crippen MR) is 91.4 cm³/mol. The first-order valence-corrected chi connectivity index (χ1v) is 13.1. The molecule has 0 N–H and O–H groups in total. The Bertz CT molecular complexity index is 1290. The van der Waals surface area contributed by atoms with Crippen LogP contribution in [0.1, 0.15) is 0 Å². The van der Waals surface area contributed by atoms with Gasteiger partial charge in [0, 0.05) is 0 Å². The van der Waals surface area contributed by atoms with Gasteiger partial charge in [0.1, 0.15) is 0 Å². The van der Waals surface area contributed by atoms with Crippen molar-refractivity contribution in [3.8, 4) is 0 Å². The number of halogens is 15. The molecule has 0 radical (unpaired) electrons. The second-order valence-electron chi connectivity index (χ2n) is 6.55. The molecule has 0 bridgehead atoms. The molecule has 206 valence electrons. The summed E-state index contributed by atoms with van der Waals surface area (Å²) in [6, 6.07) is 0. The summed E-state index contributed by atoms with van der Waals surface area (Å²) in [5.74, 6) is -49.3. The van der Waals surface area contributed by atoms with Gasteiger partial charge in [-0.2, -0.15) is 0 Å². The summed E-state index contributed by atoms with van der Waals surface area (Å²) in [6.45, 7) is 0. The molecule has 0 aliphatic rings. The van der Waals surface area contributed by atoms with E-state index in [1.165, 1.54) is 0 Å². The van der Waals surface area contributed by atoms with Crippen molar-refractivity contribution in [1.29, 1.82) is 0 Å². The van der Waals surface area contributed by atoms with E-state index in [1.807, 2.05) is 0 Å². The van der Waals surface area contributed by atoms with E-state index in [0.717, 1.165) is 0 Å². The third-order valence-corrected chi connectivity index (χ3v) is 13.5. The van der Waals surface area contributed by atoms with E-state index >= 15 is 0 Å². The first kappa shape index (κ1) is 29.2. The number of rotatable bonds is 5. The third kappa shape index (κ3) is 3.88. The van der Waals surface area contributed by atoms with Gasteiger partial charge in [-0.05, 0) is 0 Å². The zero-order valence-electron chi connectivity index (χ0n) is 16.7. The Hall–Kier alpha value is -3.40. The van der Waals surface area contributed by atoms with E-state index in [4.69, 9.17) is 0 Å². The van der Waals surface area contributed by atoms with Gasteiger partial charge in [0.05, 0.1) is 0 Å². The van der Waals surface area contributed by atoms with E-state index in [1.54, 1.807) is 0 Å². The Morgan fingerprint density at radius 1 is 0.395 bits per heavy atom. The van der Waals surface area contributed by atoms with Crippen LogP contribution in [-0.4, -0.2) is 23.7 Å². The van der Waals surface area contributed by atoms with Crippen LogP contribution in [0.5, 0.6) is 0 Å². The van der Waals surface area contributed by atoms with Gasteiger partial charge in [-0.1, -0.05) is 0 Å². The molecule has 20 heteroatoms. The summed E-state index contributed by atoms with van der Waals surface area (Å²) in [5, 5.41) is 8.72. The van der Waals surface area contributed by atoms with Gasteiger partial charge in [0.25, 0.3) is 0 Å². The van der Waals surface area contributed by atoms with E-state index < -0.39 is 122 Å². The van der Waals surface area contributed by atoms with Crippen LogP contribution in [-0.2, 0) is 3.20 Å². The molecule has 0 aromatic heterocycles. The molecule has 0 amide bonds. The molecule has 38 heavy (non-hydrogen) atoms. The van der Waals surface area contributed by atoms with Crippen molar-refractivity contribution in [1.82, 2.24) is 0 Å². The van der Waals surface area contributed by atoms with Gasteiger partial charge >= 0.3 is 201 Å². The monoisotopic (exact) mass is 693 g/mol. The maximum atomic E-state index is 14.8. The van der Waals surface area contributed by atoms with E-state index in [0.29, 0.717) is 0 Å². The third-order valence-electron chi connectivity index (χ3n) is 4.54. The Morgan fingerprint density at radius 2 is 0.553 bits per heavy atom. The molecule has 0 unspecified atom stereocenters. The van der Waals surface area contributed by atoms with Crippen LogP contribution in [0.25, 0.3) is 0 Å². The second-order valence-corrected chi connectivity index (χ2v) is 13.6. The summed E-state index contributed by atoms with van der Waals surface area (Å²) in [7, 11) is 0. The van der Waals surface area contributed by atoms with Gasteiger partial charge in [-0.15, -0.1) is 0 Å². The minimum atomic E-state index is -8.74. The Labute approximate surface area is 201 Å². The summed E-state index contributed by atoms with van der Waals surface area (Å²) >= 11 is -8.74. The van der Waals surface area contributed by atoms with Crippen molar-refractivity contribution in [2.75, 3.05) is 0 Å². The Morgan fingerprint density at radius 3 is 0.711 bits per heavy atom. The van der Waals surface area contributed by atoms with Crippen LogP contribution >= 0.6 is 0 Å². The zero-order chi connectivity index (χ0) is 29.2. The van der Waals surface area contributed by atoms with Gasteiger partial charge in [-0.3, -0.25) is 0 Å². The van der Waals surface area contributed by atoms with Crippen LogP contribution in [0.2, 0.25) is 0 Å². The van der Waals surface area contributed by atoms with E-state index in [2.05, 4.69) is 3.20 Å². The quantitative estimate of drug-likeness (QED) is 0.102. The molecule has 0 aliphatic heterocycles. The molecule has 0 spiro atoms. The molecule has 0 heterocycles. The van der Waals surface area contributed by atoms with Crippen molar-refractivity contribution < 1.29 is 74.1 Å². The van der Waals surface area contributed by atoms with Crippen LogP contribution < -0.4 is 10.8 Å². The fraction of sp³-hybridized carbons (Fsp3) is 0. The van der Waals surface area contributed by atoms with Gasteiger partial charge in [0.15, 0.2) is 0 Å². The first-order chi connectivity index (χ1) is 17.4. The zero-order valence-corrected chi connectivity index (χ0v) is 19.1. The SMILES string of the molecule is O=[N+]([O-])O[Te](c1c(F)c(F)c(F)c(F)c1F)(c1c(F)c(F)c(F)c(F)c1F)c1c(F)c(F)c(F)c(F)c1F. The molecule has 4 nitrogen and oxygen atoms in total. The number of hydrogen-bond donors (Lipinski definition) is 0. The molecule has 3 aromatic rings. The van der Waals surface area contributed by atoms with Crippen molar-refractivity contribution in [2.24, 2.45) is 0 Å². The van der Waals surface area contributed by atoms with Crippen LogP contribution in [0, 0.1) is 97.4 Å². The minimum absolute atomic E-state index is 2.50. The molecular formula is C18F15NO3Te. The van der Waals surface area contributed by atoms with Gasteiger partial charge in [0.2, 0.25) is 0 Å². The van der Waals surface area contributed by atoms with Crippen LogP contribution in [0.4, 0.5) is 65.9 Å². The topological polar surface area (TPSA) is 52.4 Å². The number of benzene rings is 3.